The van der Waals surface area contributed by atoms with Gasteiger partial charge in [0.15, 0.2) is 0 Å². The molecule has 1 saturated carbocycles. The number of rotatable bonds is 0. The van der Waals surface area contributed by atoms with Crippen LogP contribution in [0.3, 0.4) is 0 Å². The number of hydrogen-bond acceptors (Lipinski definition) is 1. The van der Waals surface area contributed by atoms with Crippen LogP contribution >= 0.6 is 0 Å². The first-order chi connectivity index (χ1) is 6.79. The highest BCUT2D eigenvalue weighted by Gasteiger charge is 2.55. The lowest BCUT2D eigenvalue weighted by Gasteiger charge is -2.49. The van der Waals surface area contributed by atoms with Gasteiger partial charge in [0.25, 0.3) is 0 Å². The molecule has 0 aliphatic heterocycles. The van der Waals surface area contributed by atoms with E-state index in [1.54, 1.807) is 0 Å². The third-order valence-electron chi connectivity index (χ3n) is 4.30. The normalized spacial score (nSPS) is 49.1. The van der Waals surface area contributed by atoms with Crippen molar-refractivity contribution >= 4 is 0 Å². The van der Waals surface area contributed by atoms with Crippen LogP contribution in [0.4, 0.5) is 0 Å². The average Bonchev–Trinajstić information content (AvgIpc) is 2.54. The minimum Gasteiger partial charge on any atom is -0.388 e. The van der Waals surface area contributed by atoms with Gasteiger partial charge in [-0.05, 0) is 12.8 Å². The maximum Gasteiger partial charge on any atom is 0.0823 e. The van der Waals surface area contributed by atoms with Crippen LogP contribution in [0.2, 0.25) is 0 Å². The van der Waals surface area contributed by atoms with Crippen LogP contribution in [0.25, 0.3) is 0 Å². The Morgan fingerprint density at radius 2 is 1.79 bits per heavy atom. The fourth-order valence-electron chi connectivity index (χ4n) is 3.48. The third kappa shape index (κ3) is 0.795. The van der Waals surface area contributed by atoms with Crippen LogP contribution in [0, 0.1) is 10.8 Å². The predicted molar refractivity (Wildman–Crippen MR) is 56.8 cm³/mol. The molecule has 3 rings (SSSR count). The topological polar surface area (TPSA) is 20.2 Å². The molecular weight excluding hydrogens is 172 g/mol. The molecule has 0 heterocycles. The van der Waals surface area contributed by atoms with Crippen LogP contribution in [-0.4, -0.2) is 11.2 Å². The zero-order chi connectivity index (χ0) is 9.65. The maximum atomic E-state index is 10.1. The van der Waals surface area contributed by atoms with Gasteiger partial charge < -0.3 is 5.11 Å². The molecule has 1 nitrogen and oxygen atoms in total. The van der Waals surface area contributed by atoms with Crippen molar-refractivity contribution < 1.29 is 5.11 Å². The summed E-state index contributed by atoms with van der Waals surface area (Å²) in [6.07, 6.45) is 17.6. The Labute approximate surface area is 84.8 Å². The first kappa shape index (κ1) is 8.49. The van der Waals surface area contributed by atoms with Crippen molar-refractivity contribution in [1.29, 1.82) is 0 Å². The van der Waals surface area contributed by atoms with Crippen molar-refractivity contribution in [2.24, 2.45) is 10.8 Å². The van der Waals surface area contributed by atoms with Gasteiger partial charge in [-0.3, -0.25) is 0 Å². The summed E-state index contributed by atoms with van der Waals surface area (Å²) in [6, 6.07) is 0. The zero-order valence-electron chi connectivity index (χ0n) is 8.32. The van der Waals surface area contributed by atoms with Gasteiger partial charge in [0.2, 0.25) is 0 Å². The van der Waals surface area contributed by atoms with Crippen LogP contribution < -0.4 is 0 Å². The van der Waals surface area contributed by atoms with Crippen LogP contribution in [0.5, 0.6) is 0 Å². The molecule has 0 unspecified atom stereocenters. The van der Waals surface area contributed by atoms with E-state index in [0.29, 0.717) is 0 Å². The molecule has 14 heavy (non-hydrogen) atoms. The Morgan fingerprint density at radius 1 is 1.00 bits per heavy atom. The molecule has 0 aromatic rings. The maximum absolute atomic E-state index is 10.1. The SMILES string of the molecule is O[C@@H]1C=C[C@]23C=CC=C[C@]12CCCC3. The molecule has 0 spiro atoms. The fourth-order valence-corrected chi connectivity index (χ4v) is 3.48. The summed E-state index contributed by atoms with van der Waals surface area (Å²) < 4.78 is 0. The van der Waals surface area contributed by atoms with E-state index in [9.17, 15) is 5.11 Å². The molecule has 1 N–H and O–H groups in total. The minimum absolute atomic E-state index is 0. The molecule has 3 atom stereocenters. The summed E-state index contributed by atoms with van der Waals surface area (Å²) in [4.78, 5) is 0. The molecule has 0 radical (unpaired) electrons. The second kappa shape index (κ2) is 2.60. The Morgan fingerprint density at radius 3 is 2.64 bits per heavy atom. The zero-order valence-corrected chi connectivity index (χ0v) is 8.32. The Balaban J connectivity index is 2.14. The first-order valence-corrected chi connectivity index (χ1v) is 5.54. The van der Waals surface area contributed by atoms with Crippen molar-refractivity contribution in [3.63, 3.8) is 0 Å². The van der Waals surface area contributed by atoms with Crippen LogP contribution in [0.15, 0.2) is 36.5 Å². The molecule has 0 bridgehead atoms. The predicted octanol–water partition coefficient (Wildman–Crippen LogP) is 2.59. The van der Waals surface area contributed by atoms with Crippen molar-refractivity contribution in [3.8, 4) is 0 Å². The van der Waals surface area contributed by atoms with Crippen molar-refractivity contribution in [1.82, 2.24) is 0 Å². The quantitative estimate of drug-likeness (QED) is 0.579. The highest BCUT2D eigenvalue weighted by Crippen LogP contribution is 2.60. The fraction of sp³-hybridized carbons (Fsp3) is 0.538. The van der Waals surface area contributed by atoms with Gasteiger partial charge in [0.1, 0.15) is 0 Å². The van der Waals surface area contributed by atoms with Gasteiger partial charge in [-0.1, -0.05) is 49.3 Å². The van der Waals surface area contributed by atoms with Crippen LogP contribution in [-0.2, 0) is 0 Å². The van der Waals surface area contributed by atoms with Crippen molar-refractivity contribution in [3.05, 3.63) is 36.5 Å². The molecular formula is C13H16O. The molecule has 1 fully saturated rings. The Bertz CT molecular complexity index is 339. The lowest BCUT2D eigenvalue weighted by molar-refractivity contribution is 0.0181. The van der Waals surface area contributed by atoms with Gasteiger partial charge in [0, 0.05) is 10.8 Å². The van der Waals surface area contributed by atoms with Gasteiger partial charge >= 0.3 is 0 Å². The smallest absolute Gasteiger partial charge is 0.0823 e. The summed E-state index contributed by atoms with van der Waals surface area (Å²) in [5.74, 6) is 0. The molecule has 0 saturated heterocycles. The van der Waals surface area contributed by atoms with E-state index < -0.39 is 0 Å². The highest BCUT2D eigenvalue weighted by molar-refractivity contribution is 5.39. The molecule has 3 aliphatic rings. The molecule has 0 amide bonds. The second-order valence-corrected chi connectivity index (χ2v) is 4.81. The second-order valence-electron chi connectivity index (χ2n) is 4.81. The largest absolute Gasteiger partial charge is 0.388 e. The van der Waals surface area contributed by atoms with E-state index in [-0.39, 0.29) is 16.9 Å². The summed E-state index contributed by atoms with van der Waals surface area (Å²) in [5, 5.41) is 10.1. The number of aliphatic hydroxyl groups is 1. The minimum atomic E-state index is -0.274. The summed E-state index contributed by atoms with van der Waals surface area (Å²) in [5.41, 5.74) is 0.138. The van der Waals surface area contributed by atoms with Gasteiger partial charge in [0.05, 0.1) is 6.10 Å². The Kier molecular flexibility index (Phi) is 1.58. The lowest BCUT2D eigenvalue weighted by atomic mass is 9.55. The molecule has 3 aliphatic carbocycles. The monoisotopic (exact) mass is 188 g/mol. The summed E-state index contributed by atoms with van der Waals surface area (Å²) in [6.45, 7) is 0. The van der Waals surface area contributed by atoms with Gasteiger partial charge in [-0.15, -0.1) is 0 Å². The van der Waals surface area contributed by atoms with Crippen LogP contribution in [0.1, 0.15) is 25.7 Å². The number of hydrogen-bond donors (Lipinski definition) is 1. The Hall–Kier alpha value is -0.820. The molecule has 1 heteroatoms. The lowest BCUT2D eigenvalue weighted by Crippen LogP contribution is -2.45. The van der Waals surface area contributed by atoms with E-state index in [2.05, 4.69) is 30.4 Å². The summed E-state index contributed by atoms with van der Waals surface area (Å²) in [7, 11) is 0. The van der Waals surface area contributed by atoms with Crippen molar-refractivity contribution in [2.45, 2.75) is 31.8 Å². The van der Waals surface area contributed by atoms with E-state index in [0.717, 1.165) is 6.42 Å². The molecule has 0 aromatic carbocycles. The van der Waals surface area contributed by atoms with E-state index >= 15 is 0 Å². The van der Waals surface area contributed by atoms with Gasteiger partial charge in [-0.25, -0.2) is 0 Å². The number of allylic oxidation sites excluding steroid dienone is 4. The van der Waals surface area contributed by atoms with E-state index in [1.807, 2.05) is 6.08 Å². The summed E-state index contributed by atoms with van der Waals surface area (Å²) >= 11 is 0. The van der Waals surface area contributed by atoms with E-state index in [4.69, 9.17) is 0 Å². The van der Waals surface area contributed by atoms with E-state index in [1.165, 1.54) is 19.3 Å². The first-order valence-electron chi connectivity index (χ1n) is 5.54. The molecule has 0 aromatic heterocycles. The highest BCUT2D eigenvalue weighted by atomic mass is 16.3. The standard InChI is InChI=1S/C13H16O/c14-11-5-10-12-6-1-3-8-13(11,12)9-4-2-7-12/h1,3,5-6,8,10-11,14H,2,4,7,9H2/t11-,12-,13+/m1/s1. The average molecular weight is 188 g/mol. The number of aliphatic hydroxyl groups excluding tert-OH is 1. The van der Waals surface area contributed by atoms with Gasteiger partial charge in [-0.2, -0.15) is 0 Å². The van der Waals surface area contributed by atoms with Crippen molar-refractivity contribution in [2.75, 3.05) is 0 Å². The molecule has 74 valence electrons. The third-order valence-corrected chi connectivity index (χ3v) is 4.30.